The molecule has 0 unspecified atom stereocenters. The van der Waals surface area contributed by atoms with Crippen molar-refractivity contribution in [1.82, 2.24) is 4.90 Å². The van der Waals surface area contributed by atoms with Crippen molar-refractivity contribution in [3.63, 3.8) is 0 Å². The number of benzene rings is 3. The summed E-state index contributed by atoms with van der Waals surface area (Å²) in [6.45, 7) is -0.936. The molecule has 1 heterocycles. The van der Waals surface area contributed by atoms with Gasteiger partial charge in [0, 0.05) is 5.69 Å². The van der Waals surface area contributed by atoms with Crippen molar-refractivity contribution in [1.29, 1.82) is 0 Å². The molecule has 0 aromatic heterocycles. The van der Waals surface area contributed by atoms with Crippen molar-refractivity contribution in [3.8, 4) is 5.75 Å². The highest BCUT2D eigenvalue weighted by atomic mass is 35.5. The lowest BCUT2D eigenvalue weighted by Gasteiger charge is -2.12. The summed E-state index contributed by atoms with van der Waals surface area (Å²) in [4.78, 5) is 50.2. The molecule has 12 heteroatoms. The van der Waals surface area contributed by atoms with Gasteiger partial charge < -0.3 is 15.4 Å². The fourth-order valence-corrected chi connectivity index (χ4v) is 4.36. The Morgan fingerprint density at radius 2 is 1.71 bits per heavy atom. The minimum Gasteiger partial charge on any atom is -0.482 e. The summed E-state index contributed by atoms with van der Waals surface area (Å²) in [7, 11) is 0. The molecule has 1 aliphatic heterocycles. The van der Waals surface area contributed by atoms with Gasteiger partial charge in [-0.15, -0.1) is 0 Å². The second-order valence-electron chi connectivity index (χ2n) is 7.83. The van der Waals surface area contributed by atoms with Crippen molar-refractivity contribution in [2.24, 2.45) is 0 Å². The molecule has 194 valence electrons. The monoisotopic (exact) mass is 557 g/mol. The third-order valence-corrected chi connectivity index (χ3v) is 6.27. The molecule has 1 aliphatic rings. The van der Waals surface area contributed by atoms with Crippen LogP contribution < -0.4 is 15.4 Å². The summed E-state index contributed by atoms with van der Waals surface area (Å²) in [5.74, 6) is -2.74. The number of halogens is 3. The van der Waals surface area contributed by atoms with E-state index < -0.39 is 47.7 Å². The van der Waals surface area contributed by atoms with Crippen molar-refractivity contribution in [2.45, 2.75) is 0 Å². The van der Waals surface area contributed by atoms with Gasteiger partial charge in [0.05, 0.1) is 15.6 Å². The lowest BCUT2D eigenvalue weighted by Crippen LogP contribution is -2.36. The maximum atomic E-state index is 13.7. The fourth-order valence-electron chi connectivity index (χ4n) is 3.28. The van der Waals surface area contributed by atoms with Crippen LogP contribution >= 0.6 is 23.4 Å². The molecule has 0 spiro atoms. The standard InChI is InChI=1S/C26H18ClF2N3O5S/c27-18-11-15(5-10-21(18)37-14-24(34)31-20-4-2-1-3-19(20)29)12-22-25(35)32(26(36)38-22)13-23(33)30-17-8-6-16(28)7-9-17/h1-12H,13-14H2,(H,30,33)(H,31,34)/b22-12-. The average molecular weight is 558 g/mol. The van der Waals surface area contributed by atoms with E-state index in [9.17, 15) is 28.0 Å². The zero-order chi connectivity index (χ0) is 27.2. The Hall–Kier alpha value is -4.22. The first-order valence-corrected chi connectivity index (χ1v) is 12.2. The van der Waals surface area contributed by atoms with E-state index in [4.69, 9.17) is 16.3 Å². The number of imide groups is 1. The Kier molecular flexibility index (Phi) is 8.39. The number of ether oxygens (including phenoxy) is 1. The Morgan fingerprint density at radius 3 is 2.42 bits per heavy atom. The summed E-state index contributed by atoms with van der Waals surface area (Å²) in [6.07, 6.45) is 1.43. The predicted octanol–water partition coefficient (Wildman–Crippen LogP) is 5.31. The van der Waals surface area contributed by atoms with Crippen LogP contribution in [0.3, 0.4) is 0 Å². The van der Waals surface area contributed by atoms with Gasteiger partial charge in [-0.1, -0.05) is 29.8 Å². The zero-order valence-electron chi connectivity index (χ0n) is 19.4. The molecule has 0 saturated carbocycles. The highest BCUT2D eigenvalue weighted by Crippen LogP contribution is 2.33. The molecule has 2 N–H and O–H groups in total. The number of carbonyl (C=O) groups is 4. The molecule has 4 amide bonds. The lowest BCUT2D eigenvalue weighted by atomic mass is 10.2. The first-order chi connectivity index (χ1) is 18.2. The van der Waals surface area contributed by atoms with Crippen LogP contribution in [0.2, 0.25) is 5.02 Å². The molecule has 0 atom stereocenters. The molecule has 0 radical (unpaired) electrons. The van der Waals surface area contributed by atoms with Gasteiger partial charge in [-0.3, -0.25) is 24.1 Å². The van der Waals surface area contributed by atoms with E-state index in [-0.39, 0.29) is 21.4 Å². The van der Waals surface area contributed by atoms with Crippen molar-refractivity contribution in [3.05, 3.63) is 93.9 Å². The lowest BCUT2D eigenvalue weighted by molar-refractivity contribution is -0.127. The predicted molar refractivity (Wildman–Crippen MR) is 140 cm³/mol. The molecule has 3 aromatic rings. The molecule has 0 aliphatic carbocycles. The van der Waals surface area contributed by atoms with Gasteiger partial charge in [0.2, 0.25) is 5.91 Å². The van der Waals surface area contributed by atoms with Crippen LogP contribution in [-0.4, -0.2) is 41.0 Å². The van der Waals surface area contributed by atoms with E-state index in [0.29, 0.717) is 23.0 Å². The number of anilines is 2. The summed E-state index contributed by atoms with van der Waals surface area (Å²) < 4.78 is 32.1. The highest BCUT2D eigenvalue weighted by Gasteiger charge is 2.36. The first-order valence-electron chi connectivity index (χ1n) is 11.0. The number of para-hydroxylation sites is 1. The number of hydrogen-bond acceptors (Lipinski definition) is 6. The number of carbonyl (C=O) groups excluding carboxylic acids is 4. The minimum atomic E-state index is -0.657. The van der Waals surface area contributed by atoms with Gasteiger partial charge in [0.1, 0.15) is 23.9 Å². The number of amides is 4. The maximum Gasteiger partial charge on any atom is 0.294 e. The largest absolute Gasteiger partial charge is 0.482 e. The van der Waals surface area contributed by atoms with E-state index in [1.807, 2.05) is 0 Å². The second kappa shape index (κ2) is 11.9. The van der Waals surface area contributed by atoms with Crippen molar-refractivity contribution in [2.75, 3.05) is 23.8 Å². The number of rotatable bonds is 8. The van der Waals surface area contributed by atoms with Gasteiger partial charge in [-0.25, -0.2) is 8.78 Å². The van der Waals surface area contributed by atoms with Crippen LogP contribution in [-0.2, 0) is 14.4 Å². The van der Waals surface area contributed by atoms with Crippen molar-refractivity contribution < 1.29 is 32.7 Å². The number of nitrogens with one attached hydrogen (secondary N) is 2. The van der Waals surface area contributed by atoms with Gasteiger partial charge in [0.25, 0.3) is 17.1 Å². The van der Waals surface area contributed by atoms with E-state index >= 15 is 0 Å². The maximum absolute atomic E-state index is 13.7. The number of nitrogens with zero attached hydrogens (tertiary/aromatic N) is 1. The summed E-state index contributed by atoms with van der Waals surface area (Å²) >= 11 is 6.91. The summed E-state index contributed by atoms with van der Waals surface area (Å²) in [6, 6.07) is 15.3. The van der Waals surface area contributed by atoms with Gasteiger partial charge in [0.15, 0.2) is 6.61 Å². The van der Waals surface area contributed by atoms with Crippen LogP contribution in [0.25, 0.3) is 6.08 Å². The normalized spacial score (nSPS) is 14.1. The molecule has 8 nitrogen and oxygen atoms in total. The van der Waals surface area contributed by atoms with E-state index in [0.717, 1.165) is 4.90 Å². The molecular weight excluding hydrogens is 540 g/mol. The van der Waals surface area contributed by atoms with Crippen molar-refractivity contribution >= 4 is 63.8 Å². The molecule has 1 fully saturated rings. The number of thioether (sulfide) groups is 1. The highest BCUT2D eigenvalue weighted by molar-refractivity contribution is 8.18. The SMILES string of the molecule is O=C(CN1C(=O)S/C(=C\c2ccc(OCC(=O)Nc3ccccc3F)c(Cl)c2)C1=O)Nc1ccc(F)cc1. The van der Waals surface area contributed by atoms with Gasteiger partial charge >= 0.3 is 0 Å². The van der Waals surface area contributed by atoms with Crippen LogP contribution in [0, 0.1) is 11.6 Å². The number of hydrogen-bond donors (Lipinski definition) is 2. The Morgan fingerprint density at radius 1 is 0.974 bits per heavy atom. The molecular formula is C26H18ClF2N3O5S. The van der Waals surface area contributed by atoms with Gasteiger partial charge in [-0.2, -0.15) is 0 Å². The summed E-state index contributed by atoms with van der Waals surface area (Å²) in [5, 5.41) is 4.39. The molecule has 0 bridgehead atoms. The van der Waals surface area contributed by atoms with Crippen LogP contribution in [0.1, 0.15) is 5.56 Å². The molecule has 4 rings (SSSR count). The topological polar surface area (TPSA) is 105 Å². The first kappa shape index (κ1) is 26.8. The Labute approximate surface area is 224 Å². The Bertz CT molecular complexity index is 1450. The third kappa shape index (κ3) is 6.75. The smallest absolute Gasteiger partial charge is 0.294 e. The van der Waals surface area contributed by atoms with Crippen LogP contribution in [0.15, 0.2) is 71.6 Å². The molecule has 38 heavy (non-hydrogen) atoms. The fraction of sp³-hybridized carbons (Fsp3) is 0.0769. The van der Waals surface area contributed by atoms with Gasteiger partial charge in [-0.05, 0) is 71.9 Å². The molecule has 1 saturated heterocycles. The average Bonchev–Trinajstić information content (AvgIpc) is 3.13. The Balaban J connectivity index is 1.35. The van der Waals surface area contributed by atoms with Crippen LogP contribution in [0.4, 0.5) is 25.0 Å². The van der Waals surface area contributed by atoms with E-state index in [1.54, 1.807) is 12.1 Å². The van der Waals surface area contributed by atoms with E-state index in [1.165, 1.54) is 60.7 Å². The van der Waals surface area contributed by atoms with Crippen LogP contribution in [0.5, 0.6) is 5.75 Å². The minimum absolute atomic E-state index is 0.0180. The van der Waals surface area contributed by atoms with E-state index in [2.05, 4.69) is 10.6 Å². The summed E-state index contributed by atoms with van der Waals surface area (Å²) in [5.41, 5.74) is 0.810. The quantitative estimate of drug-likeness (QED) is 0.364. The second-order valence-corrected chi connectivity index (χ2v) is 9.23. The third-order valence-electron chi connectivity index (χ3n) is 5.06. The molecule has 3 aromatic carbocycles. The zero-order valence-corrected chi connectivity index (χ0v) is 20.9.